The number of cyclic esters (lactones) is 1. The fourth-order valence-corrected chi connectivity index (χ4v) is 3.04. The summed E-state index contributed by atoms with van der Waals surface area (Å²) in [6.07, 6.45) is 2.55. The Morgan fingerprint density at radius 1 is 1.15 bits per heavy atom. The van der Waals surface area contributed by atoms with Gasteiger partial charge < -0.3 is 19.7 Å². The number of esters is 1. The first kappa shape index (κ1) is 15.7. The first-order valence-corrected chi connectivity index (χ1v) is 7.76. The summed E-state index contributed by atoms with van der Waals surface area (Å²) in [5, 5.41) is 20.1. The second-order valence-electron chi connectivity index (χ2n) is 6.03. The number of carbonyl (C=O) groups is 1. The van der Waals surface area contributed by atoms with Gasteiger partial charge in [0, 0.05) is 0 Å². The summed E-state index contributed by atoms with van der Waals surface area (Å²) in [7, 11) is 0. The molecule has 0 amide bonds. The number of unbranched alkanes of at least 4 members (excludes halogenated alkanes) is 2. The van der Waals surface area contributed by atoms with Crippen molar-refractivity contribution in [3.8, 4) is 0 Å². The largest absolute Gasteiger partial charge is 0.459 e. The van der Waals surface area contributed by atoms with Crippen LogP contribution in [0.15, 0.2) is 0 Å². The van der Waals surface area contributed by atoms with Gasteiger partial charge in [-0.3, -0.25) is 4.79 Å². The van der Waals surface area contributed by atoms with Crippen molar-refractivity contribution in [2.45, 2.75) is 82.9 Å². The molecular formula is C15H26O5. The van der Waals surface area contributed by atoms with Crippen molar-refractivity contribution >= 4 is 5.97 Å². The average Bonchev–Trinajstić information content (AvgIpc) is 2.93. The molecule has 2 aliphatic heterocycles. The molecule has 0 aliphatic carbocycles. The molecule has 2 rings (SSSR count). The van der Waals surface area contributed by atoms with Crippen LogP contribution in [0.2, 0.25) is 0 Å². The van der Waals surface area contributed by atoms with Crippen LogP contribution in [0.3, 0.4) is 0 Å². The number of aliphatic hydroxyl groups is 2. The predicted molar refractivity (Wildman–Crippen MR) is 73.1 cm³/mol. The van der Waals surface area contributed by atoms with Crippen LogP contribution in [0.5, 0.6) is 0 Å². The lowest BCUT2D eigenvalue weighted by Crippen LogP contribution is -2.43. The van der Waals surface area contributed by atoms with Crippen molar-refractivity contribution in [2.24, 2.45) is 5.92 Å². The van der Waals surface area contributed by atoms with Crippen molar-refractivity contribution in [3.05, 3.63) is 0 Å². The molecule has 20 heavy (non-hydrogen) atoms. The van der Waals surface area contributed by atoms with Crippen LogP contribution < -0.4 is 0 Å². The number of hydrogen-bond acceptors (Lipinski definition) is 5. The Balaban J connectivity index is 2.08. The minimum atomic E-state index is -1.12. The van der Waals surface area contributed by atoms with Crippen LogP contribution >= 0.6 is 0 Å². The highest BCUT2D eigenvalue weighted by atomic mass is 16.6. The Morgan fingerprint density at radius 2 is 1.85 bits per heavy atom. The fourth-order valence-electron chi connectivity index (χ4n) is 3.04. The van der Waals surface area contributed by atoms with Crippen LogP contribution in [0, 0.1) is 5.92 Å². The Bertz CT molecular complexity index is 332. The van der Waals surface area contributed by atoms with E-state index in [1.807, 2.05) is 0 Å². The van der Waals surface area contributed by atoms with E-state index in [-0.39, 0.29) is 18.3 Å². The topological polar surface area (TPSA) is 76.0 Å². The van der Waals surface area contributed by atoms with E-state index in [1.165, 1.54) is 0 Å². The van der Waals surface area contributed by atoms with Gasteiger partial charge in [0.25, 0.3) is 0 Å². The van der Waals surface area contributed by atoms with Crippen molar-refractivity contribution in [3.63, 3.8) is 0 Å². The molecular weight excluding hydrogens is 260 g/mol. The summed E-state index contributed by atoms with van der Waals surface area (Å²) in [4.78, 5) is 12.0. The van der Waals surface area contributed by atoms with Crippen LogP contribution in [0.1, 0.15) is 52.4 Å². The second-order valence-corrected chi connectivity index (χ2v) is 6.03. The molecule has 0 aromatic carbocycles. The maximum Gasteiger partial charge on any atom is 0.311 e. The Labute approximate surface area is 120 Å². The smallest absolute Gasteiger partial charge is 0.311 e. The molecule has 2 saturated heterocycles. The van der Waals surface area contributed by atoms with E-state index in [0.717, 1.165) is 32.1 Å². The Morgan fingerprint density at radius 3 is 2.55 bits per heavy atom. The average molecular weight is 286 g/mol. The Hall–Kier alpha value is -0.650. The quantitative estimate of drug-likeness (QED) is 0.603. The zero-order chi connectivity index (χ0) is 14.7. The highest BCUT2D eigenvalue weighted by Crippen LogP contribution is 2.32. The third-order valence-corrected chi connectivity index (χ3v) is 4.47. The molecule has 6 unspecified atom stereocenters. The summed E-state index contributed by atoms with van der Waals surface area (Å²) in [6.45, 7) is 3.73. The lowest BCUT2D eigenvalue weighted by atomic mass is 9.93. The number of ether oxygens (including phenoxy) is 2. The maximum atomic E-state index is 12.0. The van der Waals surface area contributed by atoms with Gasteiger partial charge in [-0.05, 0) is 32.6 Å². The van der Waals surface area contributed by atoms with Crippen LogP contribution in [0.4, 0.5) is 0 Å². The highest BCUT2D eigenvalue weighted by Gasteiger charge is 2.44. The molecule has 2 bridgehead atoms. The molecule has 2 aliphatic rings. The van der Waals surface area contributed by atoms with Crippen molar-refractivity contribution in [1.82, 2.24) is 0 Å². The molecule has 6 atom stereocenters. The van der Waals surface area contributed by atoms with Gasteiger partial charge in [-0.25, -0.2) is 0 Å². The van der Waals surface area contributed by atoms with Crippen molar-refractivity contribution in [2.75, 3.05) is 0 Å². The molecule has 0 aromatic heterocycles. The van der Waals surface area contributed by atoms with E-state index >= 15 is 0 Å². The third kappa shape index (κ3) is 3.32. The highest BCUT2D eigenvalue weighted by molar-refractivity contribution is 5.73. The maximum absolute atomic E-state index is 12.0. The van der Waals surface area contributed by atoms with Gasteiger partial charge in [0.1, 0.15) is 12.2 Å². The van der Waals surface area contributed by atoms with Gasteiger partial charge in [-0.2, -0.15) is 0 Å². The normalized spacial score (nSPS) is 41.7. The molecule has 5 nitrogen and oxygen atoms in total. The van der Waals surface area contributed by atoms with E-state index in [4.69, 9.17) is 9.47 Å². The zero-order valence-corrected chi connectivity index (χ0v) is 12.3. The van der Waals surface area contributed by atoms with Crippen LogP contribution in [-0.4, -0.2) is 46.7 Å². The van der Waals surface area contributed by atoms with E-state index in [0.29, 0.717) is 6.42 Å². The van der Waals surface area contributed by atoms with Gasteiger partial charge in [-0.1, -0.05) is 19.8 Å². The lowest BCUT2D eigenvalue weighted by molar-refractivity contribution is -0.162. The molecule has 0 aromatic rings. The van der Waals surface area contributed by atoms with Crippen molar-refractivity contribution in [1.29, 1.82) is 0 Å². The van der Waals surface area contributed by atoms with Crippen LogP contribution in [0.25, 0.3) is 0 Å². The predicted octanol–water partition coefficient (Wildman–Crippen LogP) is 1.40. The number of carbonyl (C=O) groups excluding carboxylic acids is 1. The summed E-state index contributed by atoms with van der Waals surface area (Å²) in [5.41, 5.74) is 0. The molecule has 5 heteroatoms. The molecule has 0 radical (unpaired) electrons. The van der Waals surface area contributed by atoms with Gasteiger partial charge >= 0.3 is 5.97 Å². The van der Waals surface area contributed by atoms with Gasteiger partial charge in [-0.15, -0.1) is 0 Å². The van der Waals surface area contributed by atoms with Gasteiger partial charge in [0.2, 0.25) is 0 Å². The minimum Gasteiger partial charge on any atom is -0.459 e. The van der Waals surface area contributed by atoms with Crippen molar-refractivity contribution < 1.29 is 24.5 Å². The van der Waals surface area contributed by atoms with Crippen LogP contribution in [-0.2, 0) is 14.3 Å². The number of rotatable bonds is 4. The van der Waals surface area contributed by atoms with Gasteiger partial charge in [0.15, 0.2) is 0 Å². The molecule has 2 fully saturated rings. The van der Waals surface area contributed by atoms with E-state index in [9.17, 15) is 15.0 Å². The summed E-state index contributed by atoms with van der Waals surface area (Å²) < 4.78 is 11.4. The standard InChI is InChI=1S/C15H26O5/c1-3-4-5-6-10-11-7-8-12(19-11)14(17)13(16)9(2)15(18)20-10/h9-14,16-17H,3-8H2,1-2H3. The number of aliphatic hydroxyl groups excluding tert-OH is 2. The molecule has 0 saturated carbocycles. The van der Waals surface area contributed by atoms with E-state index < -0.39 is 24.1 Å². The molecule has 0 spiro atoms. The molecule has 2 N–H and O–H groups in total. The Kier molecular flexibility index (Phi) is 5.41. The van der Waals surface area contributed by atoms with E-state index in [1.54, 1.807) is 6.92 Å². The molecule has 2 heterocycles. The zero-order valence-electron chi connectivity index (χ0n) is 12.3. The number of fused-ring (bicyclic) bond motifs is 2. The number of hydrogen-bond donors (Lipinski definition) is 2. The summed E-state index contributed by atoms with van der Waals surface area (Å²) in [5.74, 6) is -1.16. The van der Waals surface area contributed by atoms with Gasteiger partial charge in [0.05, 0.1) is 24.2 Å². The SMILES string of the molecule is CCCCCC1OC(=O)C(C)C(O)C(O)C2CCC1O2. The van der Waals surface area contributed by atoms with E-state index in [2.05, 4.69) is 6.92 Å². The third-order valence-electron chi connectivity index (χ3n) is 4.47. The monoisotopic (exact) mass is 286 g/mol. The first-order chi connectivity index (χ1) is 9.54. The fraction of sp³-hybridized carbons (Fsp3) is 0.933. The molecule has 116 valence electrons. The summed E-state index contributed by atoms with van der Waals surface area (Å²) in [6, 6.07) is 0. The second kappa shape index (κ2) is 6.87. The minimum absolute atomic E-state index is 0.145. The lowest BCUT2D eigenvalue weighted by Gasteiger charge is -2.25. The first-order valence-electron chi connectivity index (χ1n) is 7.76. The summed E-state index contributed by atoms with van der Waals surface area (Å²) >= 11 is 0.